The highest BCUT2D eigenvalue weighted by Crippen LogP contribution is 2.00. The van der Waals surface area contributed by atoms with Gasteiger partial charge in [0.05, 0.1) is 0 Å². The lowest BCUT2D eigenvalue weighted by Crippen LogP contribution is -2.43. The second-order valence-electron chi connectivity index (χ2n) is 2.37. The Morgan fingerprint density at radius 2 is 1.19 bits per heavy atom. The Bertz CT molecular complexity index is 301. The largest absolute Gasteiger partial charge is 0.397 e. The van der Waals surface area contributed by atoms with E-state index in [2.05, 4.69) is 33.9 Å². The second kappa shape index (κ2) is 6.27. The summed E-state index contributed by atoms with van der Waals surface area (Å²) in [7, 11) is 0. The summed E-state index contributed by atoms with van der Waals surface area (Å²) in [4.78, 5) is 21.8. The van der Waals surface area contributed by atoms with Crippen molar-refractivity contribution < 1.29 is 29.3 Å². The van der Waals surface area contributed by atoms with Crippen LogP contribution in [0.15, 0.2) is 0 Å². The highest BCUT2D eigenvalue weighted by molar-refractivity contribution is 7.80. The molecule has 0 bridgehead atoms. The molecule has 0 rings (SSSR count). The molecule has 0 fully saturated rings. The zero-order chi connectivity index (χ0) is 12.9. The van der Waals surface area contributed by atoms with E-state index in [1.54, 1.807) is 0 Å². The summed E-state index contributed by atoms with van der Waals surface area (Å²) in [5.41, 5.74) is 9.65. The molecule has 0 aliphatic rings. The monoisotopic (exact) mass is 268 g/mol. The Hall–Kier alpha value is -1.36. The van der Waals surface area contributed by atoms with Gasteiger partial charge in [0, 0.05) is 0 Å². The first kappa shape index (κ1) is 14.6. The van der Waals surface area contributed by atoms with Crippen molar-refractivity contribution in [3.8, 4) is 0 Å². The molecule has 0 aromatic carbocycles. The van der Waals surface area contributed by atoms with Crippen molar-refractivity contribution in [1.82, 2.24) is 0 Å². The lowest BCUT2D eigenvalue weighted by molar-refractivity contribution is -0.163. The second-order valence-corrected chi connectivity index (χ2v) is 3.17. The molecule has 6 N–H and O–H groups in total. The number of hydrogen-bond donors (Lipinski definition) is 4. The first-order chi connectivity index (χ1) is 7.25. The van der Waals surface area contributed by atoms with Gasteiger partial charge in [-0.1, -0.05) is 0 Å². The van der Waals surface area contributed by atoms with E-state index < -0.39 is 34.5 Å². The van der Waals surface area contributed by atoms with E-state index in [4.69, 9.17) is 21.7 Å². The van der Waals surface area contributed by atoms with Gasteiger partial charge in [-0.15, -0.1) is 0 Å². The Balaban J connectivity index is 4.42. The van der Waals surface area contributed by atoms with Gasteiger partial charge in [0.1, 0.15) is 0 Å². The standard InChI is InChI=1S/C6H8N2O6S2/c7-5(15)13-3(11)1(9)2(10)4(12)14-6(8)16/h1-2,9-10H,(H2,7,15)(H2,8,16). The number of carbonyl (C=O) groups is 2. The Morgan fingerprint density at radius 1 is 0.938 bits per heavy atom. The summed E-state index contributed by atoms with van der Waals surface area (Å²) >= 11 is 8.40. The molecule has 0 radical (unpaired) electrons. The fourth-order valence-electron chi connectivity index (χ4n) is 0.577. The highest BCUT2D eigenvalue weighted by Gasteiger charge is 2.33. The molecule has 0 heterocycles. The van der Waals surface area contributed by atoms with Gasteiger partial charge in [-0.3, -0.25) is 0 Å². The maximum atomic E-state index is 10.9. The summed E-state index contributed by atoms with van der Waals surface area (Å²) in [6, 6.07) is 0. The number of aliphatic hydroxyl groups excluding tert-OH is 2. The fraction of sp³-hybridized carbons (Fsp3) is 0.333. The summed E-state index contributed by atoms with van der Waals surface area (Å²) in [5.74, 6) is -2.81. The summed E-state index contributed by atoms with van der Waals surface area (Å²) < 4.78 is 8.15. The molecule has 90 valence electrons. The van der Waals surface area contributed by atoms with E-state index in [0.717, 1.165) is 0 Å². The van der Waals surface area contributed by atoms with Crippen LogP contribution in [0.2, 0.25) is 0 Å². The maximum Gasteiger partial charge on any atom is 0.345 e. The molecule has 0 aromatic heterocycles. The van der Waals surface area contributed by atoms with Crippen LogP contribution in [0.5, 0.6) is 0 Å². The normalized spacial score (nSPS) is 13.4. The first-order valence-electron chi connectivity index (χ1n) is 3.64. The van der Waals surface area contributed by atoms with Crippen LogP contribution in [0.1, 0.15) is 0 Å². The zero-order valence-electron chi connectivity index (χ0n) is 7.65. The molecular weight excluding hydrogens is 260 g/mol. The highest BCUT2D eigenvalue weighted by atomic mass is 32.1. The number of carbonyl (C=O) groups excluding carboxylic acids is 2. The third-order valence-electron chi connectivity index (χ3n) is 1.18. The van der Waals surface area contributed by atoms with E-state index in [1.165, 1.54) is 0 Å². The SMILES string of the molecule is NC(=S)OC(=O)C(O)C(O)C(=O)OC(N)=S. The summed E-state index contributed by atoms with van der Waals surface area (Å²) in [5, 5.41) is 16.9. The molecule has 0 aromatic rings. The lowest BCUT2D eigenvalue weighted by atomic mass is 10.2. The minimum Gasteiger partial charge on any atom is -0.397 e. The van der Waals surface area contributed by atoms with E-state index >= 15 is 0 Å². The number of rotatable bonds is 3. The Kier molecular flexibility index (Phi) is 5.74. The maximum absolute atomic E-state index is 10.9. The molecule has 0 saturated carbocycles. The van der Waals surface area contributed by atoms with Crippen molar-refractivity contribution in [1.29, 1.82) is 0 Å². The minimum atomic E-state index is -2.21. The summed E-state index contributed by atoms with van der Waals surface area (Å²) in [6.07, 6.45) is -4.41. The molecule has 2 unspecified atom stereocenters. The molecule has 8 nitrogen and oxygen atoms in total. The smallest absolute Gasteiger partial charge is 0.345 e. The first-order valence-corrected chi connectivity index (χ1v) is 4.45. The zero-order valence-corrected chi connectivity index (χ0v) is 9.29. The van der Waals surface area contributed by atoms with Crippen LogP contribution in [0.4, 0.5) is 0 Å². The number of aliphatic hydroxyl groups is 2. The lowest BCUT2D eigenvalue weighted by Gasteiger charge is -2.14. The molecule has 10 heteroatoms. The van der Waals surface area contributed by atoms with Gasteiger partial charge in [-0.05, 0) is 24.4 Å². The van der Waals surface area contributed by atoms with Crippen molar-refractivity contribution in [2.75, 3.05) is 0 Å². The van der Waals surface area contributed by atoms with Crippen molar-refractivity contribution in [3.63, 3.8) is 0 Å². The third kappa shape index (κ3) is 4.93. The molecule has 0 saturated heterocycles. The van der Waals surface area contributed by atoms with Crippen LogP contribution in [0.3, 0.4) is 0 Å². The minimum absolute atomic E-state index is 0.668. The van der Waals surface area contributed by atoms with E-state index in [0.29, 0.717) is 0 Å². The van der Waals surface area contributed by atoms with Crippen molar-refractivity contribution in [2.24, 2.45) is 11.5 Å². The molecule has 0 amide bonds. The van der Waals surface area contributed by atoms with Crippen LogP contribution in [0, 0.1) is 0 Å². The van der Waals surface area contributed by atoms with Gasteiger partial charge in [-0.2, -0.15) is 0 Å². The molecule has 0 spiro atoms. The third-order valence-corrected chi connectivity index (χ3v) is 1.35. The van der Waals surface area contributed by atoms with Gasteiger partial charge < -0.3 is 31.2 Å². The van der Waals surface area contributed by atoms with Gasteiger partial charge in [0.25, 0.3) is 10.3 Å². The average molecular weight is 268 g/mol. The number of esters is 2. The topological polar surface area (TPSA) is 145 Å². The Morgan fingerprint density at radius 3 is 1.38 bits per heavy atom. The Labute approximate surface area is 100 Å². The van der Waals surface area contributed by atoms with E-state index in [-0.39, 0.29) is 0 Å². The predicted molar refractivity (Wildman–Crippen MR) is 57.8 cm³/mol. The van der Waals surface area contributed by atoms with Crippen LogP contribution >= 0.6 is 24.4 Å². The molecular formula is C6H8N2O6S2. The van der Waals surface area contributed by atoms with Gasteiger partial charge in [-0.25, -0.2) is 9.59 Å². The van der Waals surface area contributed by atoms with Gasteiger partial charge in [0.15, 0.2) is 12.2 Å². The summed E-state index contributed by atoms with van der Waals surface area (Å²) in [6.45, 7) is 0. The van der Waals surface area contributed by atoms with Crippen molar-refractivity contribution in [2.45, 2.75) is 12.2 Å². The number of thiocarbonyl (C=S) groups is 2. The average Bonchev–Trinajstić information content (AvgIpc) is 2.13. The van der Waals surface area contributed by atoms with Crippen LogP contribution < -0.4 is 11.5 Å². The molecule has 2 atom stereocenters. The molecule has 16 heavy (non-hydrogen) atoms. The van der Waals surface area contributed by atoms with Crippen LogP contribution in [0.25, 0.3) is 0 Å². The van der Waals surface area contributed by atoms with Crippen molar-refractivity contribution >= 4 is 46.7 Å². The predicted octanol–water partition coefficient (Wildman–Crippen LogP) is -2.72. The number of nitrogens with two attached hydrogens (primary N) is 2. The number of hydrogen-bond acceptors (Lipinski definition) is 8. The van der Waals surface area contributed by atoms with Gasteiger partial charge >= 0.3 is 11.9 Å². The molecule has 0 aliphatic heterocycles. The fourth-order valence-corrected chi connectivity index (χ4v) is 0.741. The number of ether oxygens (including phenoxy) is 2. The van der Waals surface area contributed by atoms with Gasteiger partial charge in [0.2, 0.25) is 0 Å². The molecule has 0 aliphatic carbocycles. The van der Waals surface area contributed by atoms with E-state index in [9.17, 15) is 9.59 Å². The van der Waals surface area contributed by atoms with Crippen LogP contribution in [-0.2, 0) is 19.1 Å². The van der Waals surface area contributed by atoms with Crippen LogP contribution in [-0.4, -0.2) is 44.7 Å². The quantitative estimate of drug-likeness (QED) is 0.314. The van der Waals surface area contributed by atoms with Crippen molar-refractivity contribution in [3.05, 3.63) is 0 Å². The van der Waals surface area contributed by atoms with E-state index in [1.807, 2.05) is 0 Å².